The van der Waals surface area contributed by atoms with E-state index < -0.39 is 0 Å². The molecule has 0 aliphatic heterocycles. The van der Waals surface area contributed by atoms with E-state index in [9.17, 15) is 4.79 Å². The van der Waals surface area contributed by atoms with Crippen molar-refractivity contribution < 1.29 is 4.79 Å². The zero-order valence-electron chi connectivity index (χ0n) is 7.99. The van der Waals surface area contributed by atoms with E-state index >= 15 is 0 Å². The van der Waals surface area contributed by atoms with Crippen molar-refractivity contribution in [3.05, 3.63) is 11.6 Å². The Morgan fingerprint density at radius 3 is 3.14 bits per heavy atom. The van der Waals surface area contributed by atoms with Crippen molar-refractivity contribution in [2.75, 3.05) is 11.9 Å². The fraction of sp³-hybridized carbons (Fsp3) is 0.556. The van der Waals surface area contributed by atoms with Crippen LogP contribution in [0.4, 0.5) is 9.93 Å². The van der Waals surface area contributed by atoms with Crippen LogP contribution in [0.3, 0.4) is 0 Å². The summed E-state index contributed by atoms with van der Waals surface area (Å²) in [6.45, 7) is 2.98. The minimum absolute atomic E-state index is 0.154. The summed E-state index contributed by atoms with van der Waals surface area (Å²) in [5, 5.41) is 7.98. The highest BCUT2D eigenvalue weighted by Crippen LogP contribution is 2.36. The predicted octanol–water partition coefficient (Wildman–Crippen LogP) is 1.92. The molecular formula is C9H13N3OS. The van der Waals surface area contributed by atoms with Gasteiger partial charge in [0.05, 0.1) is 0 Å². The Hall–Kier alpha value is -1.10. The zero-order chi connectivity index (χ0) is 9.97. The number of anilines is 1. The second-order valence-corrected chi connectivity index (χ2v) is 4.54. The largest absolute Gasteiger partial charge is 0.338 e. The predicted molar refractivity (Wildman–Crippen MR) is 56.4 cm³/mol. The van der Waals surface area contributed by atoms with Crippen LogP contribution in [0.25, 0.3) is 0 Å². The van der Waals surface area contributed by atoms with Crippen LogP contribution in [0.5, 0.6) is 0 Å². The summed E-state index contributed by atoms with van der Waals surface area (Å²) in [5.74, 6) is 1.45. The van der Waals surface area contributed by atoms with E-state index in [1.807, 2.05) is 5.38 Å². The van der Waals surface area contributed by atoms with E-state index in [1.54, 1.807) is 6.20 Å². The lowest BCUT2D eigenvalue weighted by Crippen LogP contribution is -2.30. The van der Waals surface area contributed by atoms with Crippen LogP contribution in [-0.2, 0) is 0 Å². The summed E-state index contributed by atoms with van der Waals surface area (Å²) in [6, 6.07) is -0.154. The quantitative estimate of drug-likeness (QED) is 0.802. The van der Waals surface area contributed by atoms with Crippen LogP contribution in [-0.4, -0.2) is 17.6 Å². The normalized spacial score (nSPS) is 24.4. The molecule has 2 amide bonds. The van der Waals surface area contributed by atoms with E-state index in [0.717, 1.165) is 12.5 Å². The highest BCUT2D eigenvalue weighted by Gasteiger charge is 2.32. The van der Waals surface area contributed by atoms with Gasteiger partial charge in [-0.25, -0.2) is 9.78 Å². The monoisotopic (exact) mass is 211 g/mol. The molecule has 1 fully saturated rings. The van der Waals surface area contributed by atoms with Gasteiger partial charge in [-0.2, -0.15) is 0 Å². The molecule has 1 aliphatic rings. The maximum absolute atomic E-state index is 11.3. The van der Waals surface area contributed by atoms with Gasteiger partial charge >= 0.3 is 6.03 Å². The number of hydrogen-bond donors (Lipinski definition) is 2. The summed E-state index contributed by atoms with van der Waals surface area (Å²) in [7, 11) is 0. The lowest BCUT2D eigenvalue weighted by molar-refractivity contribution is 0.251. The molecule has 4 nitrogen and oxygen atoms in total. The molecule has 2 atom stereocenters. The Kier molecular flexibility index (Phi) is 2.67. The lowest BCUT2D eigenvalue weighted by Gasteiger charge is -2.03. The third-order valence-corrected chi connectivity index (χ3v) is 3.14. The van der Waals surface area contributed by atoms with Crippen molar-refractivity contribution >= 4 is 22.5 Å². The summed E-state index contributed by atoms with van der Waals surface area (Å²) >= 11 is 1.42. The number of nitrogens with zero attached hydrogens (tertiary/aromatic N) is 1. The molecule has 2 rings (SSSR count). The molecular weight excluding hydrogens is 198 g/mol. The van der Waals surface area contributed by atoms with Crippen molar-refractivity contribution in [1.29, 1.82) is 0 Å². The first-order valence-corrected chi connectivity index (χ1v) is 5.58. The average Bonchev–Trinajstić information content (AvgIpc) is 2.65. The smallest absolute Gasteiger partial charge is 0.321 e. The van der Waals surface area contributed by atoms with E-state index in [0.29, 0.717) is 11.0 Å². The van der Waals surface area contributed by atoms with E-state index in [2.05, 4.69) is 22.5 Å². The molecule has 1 saturated carbocycles. The van der Waals surface area contributed by atoms with Gasteiger partial charge in [0.1, 0.15) is 0 Å². The molecule has 0 saturated heterocycles. The number of carbonyl (C=O) groups is 1. The number of thiazole rings is 1. The van der Waals surface area contributed by atoms with E-state index in [4.69, 9.17) is 0 Å². The minimum atomic E-state index is -0.154. The van der Waals surface area contributed by atoms with Gasteiger partial charge < -0.3 is 5.32 Å². The van der Waals surface area contributed by atoms with Crippen LogP contribution in [0.2, 0.25) is 0 Å². The Labute approximate surface area is 86.7 Å². The van der Waals surface area contributed by atoms with Crippen molar-refractivity contribution in [3.8, 4) is 0 Å². The number of carbonyl (C=O) groups excluding carboxylic acids is 1. The molecule has 0 spiro atoms. The average molecular weight is 211 g/mol. The standard InChI is InChI=1S/C9H13N3OS/c1-6-4-7(6)5-11-8(13)12-9-10-2-3-14-9/h2-3,6-7H,4-5H2,1H3,(H2,10,11,12,13)/t6-,7+/m0/s1. The molecule has 5 heteroatoms. The number of hydrogen-bond acceptors (Lipinski definition) is 3. The van der Waals surface area contributed by atoms with Crippen molar-refractivity contribution in [2.24, 2.45) is 11.8 Å². The molecule has 76 valence electrons. The van der Waals surface area contributed by atoms with Crippen LogP contribution in [0, 0.1) is 11.8 Å². The number of aromatic nitrogens is 1. The topological polar surface area (TPSA) is 54.0 Å². The van der Waals surface area contributed by atoms with Gasteiger partial charge in [0.25, 0.3) is 0 Å². The number of urea groups is 1. The molecule has 1 aromatic rings. The first-order valence-electron chi connectivity index (χ1n) is 4.70. The molecule has 14 heavy (non-hydrogen) atoms. The minimum Gasteiger partial charge on any atom is -0.338 e. The van der Waals surface area contributed by atoms with Gasteiger partial charge in [0.15, 0.2) is 5.13 Å². The van der Waals surface area contributed by atoms with Gasteiger partial charge in [0.2, 0.25) is 0 Å². The van der Waals surface area contributed by atoms with Crippen molar-refractivity contribution in [1.82, 2.24) is 10.3 Å². The Balaban J connectivity index is 1.69. The highest BCUT2D eigenvalue weighted by molar-refractivity contribution is 7.13. The van der Waals surface area contributed by atoms with Crippen LogP contribution in [0.1, 0.15) is 13.3 Å². The fourth-order valence-electron chi connectivity index (χ4n) is 1.33. The molecule has 0 bridgehead atoms. The molecule has 1 heterocycles. The lowest BCUT2D eigenvalue weighted by atomic mass is 10.3. The Morgan fingerprint density at radius 1 is 1.79 bits per heavy atom. The van der Waals surface area contributed by atoms with Gasteiger partial charge in [-0.05, 0) is 18.3 Å². The van der Waals surface area contributed by atoms with Crippen LogP contribution < -0.4 is 10.6 Å². The third kappa shape index (κ3) is 2.45. The molecule has 0 unspecified atom stereocenters. The summed E-state index contributed by atoms with van der Waals surface area (Å²) in [6.07, 6.45) is 2.90. The summed E-state index contributed by atoms with van der Waals surface area (Å²) < 4.78 is 0. The number of nitrogens with one attached hydrogen (secondary N) is 2. The Bertz CT molecular complexity index is 312. The van der Waals surface area contributed by atoms with E-state index in [-0.39, 0.29) is 6.03 Å². The second-order valence-electron chi connectivity index (χ2n) is 3.65. The maximum atomic E-state index is 11.3. The maximum Gasteiger partial charge on any atom is 0.321 e. The van der Waals surface area contributed by atoms with Crippen molar-refractivity contribution in [3.63, 3.8) is 0 Å². The van der Waals surface area contributed by atoms with E-state index in [1.165, 1.54) is 17.8 Å². The van der Waals surface area contributed by atoms with Crippen molar-refractivity contribution in [2.45, 2.75) is 13.3 Å². The number of amides is 2. The van der Waals surface area contributed by atoms with Gasteiger partial charge in [-0.3, -0.25) is 5.32 Å². The first-order chi connectivity index (χ1) is 6.75. The van der Waals surface area contributed by atoms with Crippen LogP contribution in [0.15, 0.2) is 11.6 Å². The first kappa shape index (κ1) is 9.45. The van der Waals surface area contributed by atoms with Gasteiger partial charge in [-0.15, -0.1) is 11.3 Å². The molecule has 2 N–H and O–H groups in total. The zero-order valence-corrected chi connectivity index (χ0v) is 8.80. The van der Waals surface area contributed by atoms with Crippen LogP contribution >= 0.6 is 11.3 Å². The highest BCUT2D eigenvalue weighted by atomic mass is 32.1. The summed E-state index contributed by atoms with van der Waals surface area (Å²) in [4.78, 5) is 15.3. The second kappa shape index (κ2) is 3.96. The SMILES string of the molecule is C[C@H]1C[C@@H]1CNC(=O)Nc1nccs1. The number of rotatable bonds is 3. The van der Waals surface area contributed by atoms with Gasteiger partial charge in [0, 0.05) is 18.1 Å². The van der Waals surface area contributed by atoms with Gasteiger partial charge in [-0.1, -0.05) is 6.92 Å². The molecule has 0 radical (unpaired) electrons. The third-order valence-electron chi connectivity index (χ3n) is 2.45. The molecule has 0 aromatic carbocycles. The fourth-order valence-corrected chi connectivity index (χ4v) is 1.86. The summed E-state index contributed by atoms with van der Waals surface area (Å²) in [5.41, 5.74) is 0. The molecule has 1 aliphatic carbocycles. The Morgan fingerprint density at radius 2 is 2.57 bits per heavy atom. The molecule has 1 aromatic heterocycles.